The van der Waals surface area contributed by atoms with E-state index in [-0.39, 0.29) is 0 Å². The van der Waals surface area contributed by atoms with Crippen LogP contribution >= 0.6 is 11.8 Å². The first kappa shape index (κ1) is 16.7. The predicted octanol–water partition coefficient (Wildman–Crippen LogP) is 2.94. The fraction of sp³-hybridized carbons (Fsp3) is 0.222. The SMILES string of the molecule is OC(COCc1ccccc1)CSc1nncn1-c1ccccc1. The number of hydrogen-bond acceptors (Lipinski definition) is 5. The van der Waals surface area contributed by atoms with Gasteiger partial charge in [0.25, 0.3) is 0 Å². The lowest BCUT2D eigenvalue weighted by atomic mass is 10.2. The highest BCUT2D eigenvalue weighted by Crippen LogP contribution is 2.20. The Balaban J connectivity index is 1.47. The van der Waals surface area contributed by atoms with Crippen LogP contribution < -0.4 is 0 Å². The quantitative estimate of drug-likeness (QED) is 0.638. The summed E-state index contributed by atoms with van der Waals surface area (Å²) in [4.78, 5) is 0. The predicted molar refractivity (Wildman–Crippen MR) is 94.2 cm³/mol. The minimum absolute atomic E-state index is 0.293. The van der Waals surface area contributed by atoms with Gasteiger partial charge in [-0.05, 0) is 17.7 Å². The summed E-state index contributed by atoms with van der Waals surface area (Å²) < 4.78 is 7.47. The number of hydrogen-bond donors (Lipinski definition) is 1. The molecule has 0 spiro atoms. The summed E-state index contributed by atoms with van der Waals surface area (Å²) in [7, 11) is 0. The van der Waals surface area contributed by atoms with Crippen LogP contribution in [0.5, 0.6) is 0 Å². The summed E-state index contributed by atoms with van der Waals surface area (Å²) in [6.45, 7) is 0.796. The van der Waals surface area contributed by atoms with Crippen molar-refractivity contribution in [1.82, 2.24) is 14.8 Å². The van der Waals surface area contributed by atoms with Crippen LogP contribution in [0.1, 0.15) is 5.56 Å². The zero-order chi connectivity index (χ0) is 16.6. The van der Waals surface area contributed by atoms with Crippen molar-refractivity contribution in [2.24, 2.45) is 0 Å². The van der Waals surface area contributed by atoms with Crippen LogP contribution in [0, 0.1) is 0 Å². The van der Waals surface area contributed by atoms with Crippen LogP contribution in [0.4, 0.5) is 0 Å². The Hall–Kier alpha value is -2.15. The first-order valence-electron chi connectivity index (χ1n) is 7.71. The molecule has 6 heteroatoms. The van der Waals surface area contributed by atoms with Crippen LogP contribution in [-0.4, -0.2) is 38.3 Å². The van der Waals surface area contributed by atoms with E-state index in [9.17, 15) is 5.11 Å². The minimum atomic E-state index is -0.556. The molecular weight excluding hydrogens is 322 g/mol. The van der Waals surface area contributed by atoms with Gasteiger partial charge in [0.2, 0.25) is 0 Å². The molecular formula is C18H19N3O2S. The summed E-state index contributed by atoms with van der Waals surface area (Å²) in [6.07, 6.45) is 1.12. The monoisotopic (exact) mass is 341 g/mol. The summed E-state index contributed by atoms with van der Waals surface area (Å²) in [5, 5.41) is 18.9. The highest BCUT2D eigenvalue weighted by Gasteiger charge is 2.11. The number of rotatable bonds is 8. The fourth-order valence-electron chi connectivity index (χ4n) is 2.19. The molecule has 1 N–H and O–H groups in total. The maximum Gasteiger partial charge on any atom is 0.195 e. The van der Waals surface area contributed by atoms with Gasteiger partial charge in [-0.3, -0.25) is 4.57 Å². The second-order valence-electron chi connectivity index (χ2n) is 5.28. The number of benzene rings is 2. The molecule has 3 rings (SSSR count). The molecule has 3 aromatic rings. The van der Waals surface area contributed by atoms with Crippen molar-refractivity contribution >= 4 is 11.8 Å². The van der Waals surface area contributed by atoms with Crippen molar-refractivity contribution in [3.8, 4) is 5.69 Å². The van der Waals surface area contributed by atoms with Crippen molar-refractivity contribution in [3.63, 3.8) is 0 Å². The van der Waals surface area contributed by atoms with Gasteiger partial charge in [-0.2, -0.15) is 0 Å². The molecule has 0 aliphatic rings. The van der Waals surface area contributed by atoms with E-state index in [1.165, 1.54) is 11.8 Å². The summed E-state index contributed by atoms with van der Waals surface area (Å²) in [6, 6.07) is 19.8. The Bertz CT molecular complexity index is 734. The van der Waals surface area contributed by atoms with Crippen molar-refractivity contribution in [1.29, 1.82) is 0 Å². The van der Waals surface area contributed by atoms with Crippen LogP contribution in [0.25, 0.3) is 5.69 Å². The second kappa shape index (κ2) is 8.63. The third-order valence-corrected chi connectivity index (χ3v) is 4.47. The zero-order valence-corrected chi connectivity index (χ0v) is 14.0. The number of aliphatic hydroxyl groups excluding tert-OH is 1. The lowest BCUT2D eigenvalue weighted by Gasteiger charge is -2.11. The number of aromatic nitrogens is 3. The van der Waals surface area contributed by atoms with E-state index in [0.29, 0.717) is 19.0 Å². The lowest BCUT2D eigenvalue weighted by Crippen LogP contribution is -2.18. The molecule has 124 valence electrons. The maximum atomic E-state index is 10.1. The van der Waals surface area contributed by atoms with E-state index in [4.69, 9.17) is 4.74 Å². The van der Waals surface area contributed by atoms with E-state index in [2.05, 4.69) is 10.2 Å². The minimum Gasteiger partial charge on any atom is -0.390 e. The third kappa shape index (κ3) is 4.67. The van der Waals surface area contributed by atoms with E-state index in [0.717, 1.165) is 16.4 Å². The van der Waals surface area contributed by atoms with Gasteiger partial charge in [-0.25, -0.2) is 0 Å². The molecule has 1 heterocycles. The molecule has 2 aromatic carbocycles. The molecule has 1 aromatic heterocycles. The Kier molecular flexibility index (Phi) is 6.01. The van der Waals surface area contributed by atoms with E-state index < -0.39 is 6.10 Å². The Labute approximate surface area is 145 Å². The molecule has 0 fully saturated rings. The van der Waals surface area contributed by atoms with Crippen molar-refractivity contribution in [3.05, 3.63) is 72.6 Å². The molecule has 24 heavy (non-hydrogen) atoms. The van der Waals surface area contributed by atoms with Crippen LogP contribution in [-0.2, 0) is 11.3 Å². The third-order valence-electron chi connectivity index (χ3n) is 3.38. The molecule has 0 aliphatic carbocycles. The average molecular weight is 341 g/mol. The van der Waals surface area contributed by atoms with Gasteiger partial charge in [0, 0.05) is 11.4 Å². The van der Waals surface area contributed by atoms with E-state index >= 15 is 0 Å². The lowest BCUT2D eigenvalue weighted by molar-refractivity contribution is 0.0398. The Morgan fingerprint density at radius 3 is 2.50 bits per heavy atom. The van der Waals surface area contributed by atoms with Crippen molar-refractivity contribution in [2.45, 2.75) is 17.9 Å². The summed E-state index contributed by atoms with van der Waals surface area (Å²) >= 11 is 1.46. The standard InChI is InChI=1S/C18H19N3O2S/c22-17(12-23-11-15-7-3-1-4-8-15)13-24-18-20-19-14-21(18)16-9-5-2-6-10-16/h1-10,14,17,22H,11-13H2. The molecule has 0 bridgehead atoms. The normalized spacial score (nSPS) is 12.2. The molecule has 5 nitrogen and oxygen atoms in total. The largest absolute Gasteiger partial charge is 0.390 e. The molecule has 0 aliphatic heterocycles. The van der Waals surface area contributed by atoms with Gasteiger partial charge in [0.05, 0.1) is 19.3 Å². The molecule has 0 radical (unpaired) electrons. The van der Waals surface area contributed by atoms with Gasteiger partial charge >= 0.3 is 0 Å². The zero-order valence-electron chi connectivity index (χ0n) is 13.2. The number of para-hydroxylation sites is 1. The van der Waals surface area contributed by atoms with Crippen LogP contribution in [0.3, 0.4) is 0 Å². The maximum absolute atomic E-state index is 10.1. The fourth-order valence-corrected chi connectivity index (χ4v) is 3.03. The molecule has 0 saturated heterocycles. The number of ether oxygens (including phenoxy) is 1. The molecule has 0 saturated carbocycles. The Morgan fingerprint density at radius 1 is 1.04 bits per heavy atom. The smallest absolute Gasteiger partial charge is 0.195 e. The molecule has 1 atom stereocenters. The molecule has 1 unspecified atom stereocenters. The van der Waals surface area contributed by atoms with Crippen LogP contribution in [0.2, 0.25) is 0 Å². The first-order chi connectivity index (χ1) is 11.8. The van der Waals surface area contributed by atoms with Gasteiger partial charge in [0.15, 0.2) is 5.16 Å². The van der Waals surface area contributed by atoms with Gasteiger partial charge < -0.3 is 9.84 Å². The van der Waals surface area contributed by atoms with Crippen molar-refractivity contribution in [2.75, 3.05) is 12.4 Å². The summed E-state index contributed by atoms with van der Waals surface area (Å²) in [5.74, 6) is 0.500. The Morgan fingerprint density at radius 2 is 1.75 bits per heavy atom. The van der Waals surface area contributed by atoms with Crippen molar-refractivity contribution < 1.29 is 9.84 Å². The van der Waals surface area contributed by atoms with E-state index in [1.807, 2.05) is 65.2 Å². The highest BCUT2D eigenvalue weighted by molar-refractivity contribution is 7.99. The number of thioether (sulfide) groups is 1. The average Bonchev–Trinajstić information content (AvgIpc) is 3.10. The number of aliphatic hydroxyl groups is 1. The topological polar surface area (TPSA) is 60.2 Å². The van der Waals surface area contributed by atoms with Gasteiger partial charge in [-0.15, -0.1) is 10.2 Å². The van der Waals surface area contributed by atoms with Crippen LogP contribution in [0.15, 0.2) is 72.1 Å². The van der Waals surface area contributed by atoms with E-state index in [1.54, 1.807) is 6.33 Å². The summed E-state index contributed by atoms with van der Waals surface area (Å²) in [5.41, 5.74) is 2.10. The number of nitrogens with zero attached hydrogens (tertiary/aromatic N) is 3. The van der Waals surface area contributed by atoms with Gasteiger partial charge in [0.1, 0.15) is 6.33 Å². The highest BCUT2D eigenvalue weighted by atomic mass is 32.2. The molecule has 0 amide bonds. The van der Waals surface area contributed by atoms with Gasteiger partial charge in [-0.1, -0.05) is 60.3 Å². The second-order valence-corrected chi connectivity index (χ2v) is 6.27. The first-order valence-corrected chi connectivity index (χ1v) is 8.69.